The summed E-state index contributed by atoms with van der Waals surface area (Å²) in [4.78, 5) is 0. The van der Waals surface area contributed by atoms with E-state index in [-0.39, 0.29) is 18.0 Å². The summed E-state index contributed by atoms with van der Waals surface area (Å²) in [6.45, 7) is 3.60. The molecule has 17 heavy (non-hydrogen) atoms. The van der Waals surface area contributed by atoms with E-state index in [9.17, 15) is 4.39 Å². The Bertz CT molecular complexity index is 397. The Labute approximate surface area is 102 Å². The van der Waals surface area contributed by atoms with E-state index in [2.05, 4.69) is 0 Å². The first-order valence-corrected chi connectivity index (χ1v) is 6.30. The second-order valence-electron chi connectivity index (χ2n) is 4.95. The van der Waals surface area contributed by atoms with Crippen molar-refractivity contribution in [2.24, 2.45) is 5.73 Å². The molecule has 0 amide bonds. The van der Waals surface area contributed by atoms with Crippen molar-refractivity contribution in [2.45, 2.75) is 51.7 Å². The maximum absolute atomic E-state index is 13.5. The maximum Gasteiger partial charge on any atom is 0.126 e. The van der Waals surface area contributed by atoms with Crippen LogP contribution < -0.4 is 10.5 Å². The standard InChI is InChI=1S/C14H20FNO/c1-9-7-14(17-11-5-3-4-6-11)12(10(2)16)8-13(9)15/h7-8,10-11H,3-6,16H2,1-2H3. The predicted octanol–water partition coefficient (Wildman–Crippen LogP) is 3.48. The van der Waals surface area contributed by atoms with Crippen LogP contribution in [0.25, 0.3) is 0 Å². The lowest BCUT2D eigenvalue weighted by molar-refractivity contribution is 0.206. The van der Waals surface area contributed by atoms with Gasteiger partial charge in [-0.2, -0.15) is 0 Å². The van der Waals surface area contributed by atoms with E-state index in [0.29, 0.717) is 5.56 Å². The number of aryl methyl sites for hydroxylation is 1. The summed E-state index contributed by atoms with van der Waals surface area (Å²) in [5.41, 5.74) is 7.24. The molecule has 2 N–H and O–H groups in total. The van der Waals surface area contributed by atoms with Crippen LogP contribution in [-0.4, -0.2) is 6.10 Å². The first-order chi connectivity index (χ1) is 8.08. The van der Waals surface area contributed by atoms with Gasteiger partial charge in [-0.3, -0.25) is 0 Å². The monoisotopic (exact) mass is 237 g/mol. The molecule has 2 nitrogen and oxygen atoms in total. The molecule has 1 aromatic rings. The zero-order valence-corrected chi connectivity index (χ0v) is 10.5. The van der Waals surface area contributed by atoms with Gasteiger partial charge in [0.05, 0.1) is 6.10 Å². The van der Waals surface area contributed by atoms with Crippen molar-refractivity contribution in [1.82, 2.24) is 0 Å². The van der Waals surface area contributed by atoms with E-state index in [0.717, 1.165) is 24.2 Å². The molecule has 2 rings (SSSR count). The molecular formula is C14H20FNO. The van der Waals surface area contributed by atoms with E-state index in [4.69, 9.17) is 10.5 Å². The Morgan fingerprint density at radius 2 is 2.00 bits per heavy atom. The van der Waals surface area contributed by atoms with Crippen LogP contribution in [0.4, 0.5) is 4.39 Å². The van der Waals surface area contributed by atoms with Crippen LogP contribution in [-0.2, 0) is 0 Å². The summed E-state index contributed by atoms with van der Waals surface area (Å²) < 4.78 is 19.5. The molecule has 0 heterocycles. The van der Waals surface area contributed by atoms with Gasteiger partial charge >= 0.3 is 0 Å². The van der Waals surface area contributed by atoms with Gasteiger partial charge < -0.3 is 10.5 Å². The number of halogens is 1. The third kappa shape index (κ3) is 2.78. The first-order valence-electron chi connectivity index (χ1n) is 6.30. The summed E-state index contributed by atoms with van der Waals surface area (Å²) in [5.74, 6) is 0.543. The lowest BCUT2D eigenvalue weighted by Gasteiger charge is -2.19. The predicted molar refractivity (Wildman–Crippen MR) is 66.6 cm³/mol. The average Bonchev–Trinajstić information content (AvgIpc) is 2.75. The summed E-state index contributed by atoms with van der Waals surface area (Å²) >= 11 is 0. The highest BCUT2D eigenvalue weighted by Gasteiger charge is 2.19. The molecule has 0 saturated heterocycles. The van der Waals surface area contributed by atoms with Crippen molar-refractivity contribution in [2.75, 3.05) is 0 Å². The molecule has 3 heteroatoms. The third-order valence-corrected chi connectivity index (χ3v) is 3.38. The van der Waals surface area contributed by atoms with Crippen LogP contribution in [0.1, 0.15) is 49.8 Å². The van der Waals surface area contributed by atoms with Crippen molar-refractivity contribution in [3.63, 3.8) is 0 Å². The first kappa shape index (κ1) is 12.4. The lowest BCUT2D eigenvalue weighted by Crippen LogP contribution is -2.15. The third-order valence-electron chi connectivity index (χ3n) is 3.38. The highest BCUT2D eigenvalue weighted by atomic mass is 19.1. The minimum absolute atomic E-state index is 0.207. The molecule has 1 saturated carbocycles. The van der Waals surface area contributed by atoms with Gasteiger partial charge in [-0.25, -0.2) is 4.39 Å². The molecular weight excluding hydrogens is 217 g/mol. The minimum Gasteiger partial charge on any atom is -0.490 e. The summed E-state index contributed by atoms with van der Waals surface area (Å²) in [5, 5.41) is 0. The number of hydrogen-bond donors (Lipinski definition) is 1. The molecule has 1 atom stereocenters. The Kier molecular flexibility index (Phi) is 3.67. The molecule has 0 spiro atoms. The van der Waals surface area contributed by atoms with Crippen molar-refractivity contribution in [3.8, 4) is 5.75 Å². The van der Waals surface area contributed by atoms with E-state index in [1.54, 1.807) is 13.0 Å². The fraction of sp³-hybridized carbons (Fsp3) is 0.571. The van der Waals surface area contributed by atoms with Crippen molar-refractivity contribution in [1.29, 1.82) is 0 Å². The molecule has 1 unspecified atom stereocenters. The Morgan fingerprint density at radius 3 is 2.59 bits per heavy atom. The molecule has 1 fully saturated rings. The Morgan fingerprint density at radius 1 is 1.35 bits per heavy atom. The van der Waals surface area contributed by atoms with Gasteiger partial charge in [-0.15, -0.1) is 0 Å². The highest BCUT2D eigenvalue weighted by molar-refractivity contribution is 5.40. The van der Waals surface area contributed by atoms with E-state index in [1.807, 2.05) is 6.92 Å². The van der Waals surface area contributed by atoms with Crippen LogP contribution in [0.15, 0.2) is 12.1 Å². The molecule has 0 bridgehead atoms. The smallest absolute Gasteiger partial charge is 0.126 e. The number of ether oxygens (including phenoxy) is 1. The van der Waals surface area contributed by atoms with Crippen LogP contribution in [0, 0.1) is 12.7 Å². The van der Waals surface area contributed by atoms with Gasteiger partial charge in [0, 0.05) is 11.6 Å². The molecule has 1 aromatic carbocycles. The molecule has 1 aliphatic rings. The average molecular weight is 237 g/mol. The maximum atomic E-state index is 13.5. The van der Waals surface area contributed by atoms with Crippen molar-refractivity contribution >= 4 is 0 Å². The van der Waals surface area contributed by atoms with Crippen LogP contribution in [0.3, 0.4) is 0 Å². The molecule has 1 aliphatic carbocycles. The van der Waals surface area contributed by atoms with Crippen LogP contribution in [0.5, 0.6) is 5.75 Å². The fourth-order valence-corrected chi connectivity index (χ4v) is 2.31. The second kappa shape index (κ2) is 5.05. The fourth-order valence-electron chi connectivity index (χ4n) is 2.31. The largest absolute Gasteiger partial charge is 0.490 e. The van der Waals surface area contributed by atoms with Crippen molar-refractivity contribution < 1.29 is 9.13 Å². The minimum atomic E-state index is -0.212. The van der Waals surface area contributed by atoms with Crippen molar-refractivity contribution in [3.05, 3.63) is 29.1 Å². The van der Waals surface area contributed by atoms with Gasteiger partial charge in [0.2, 0.25) is 0 Å². The van der Waals surface area contributed by atoms with Crippen LogP contribution >= 0.6 is 0 Å². The van der Waals surface area contributed by atoms with Gasteiger partial charge in [0.1, 0.15) is 11.6 Å². The molecule has 0 aromatic heterocycles. The second-order valence-corrected chi connectivity index (χ2v) is 4.95. The van der Waals surface area contributed by atoms with E-state index >= 15 is 0 Å². The van der Waals surface area contributed by atoms with Crippen LogP contribution in [0.2, 0.25) is 0 Å². The molecule has 0 aliphatic heterocycles. The normalized spacial score (nSPS) is 18.4. The van der Waals surface area contributed by atoms with Gasteiger partial charge in [0.15, 0.2) is 0 Å². The van der Waals surface area contributed by atoms with Gasteiger partial charge in [-0.05, 0) is 57.2 Å². The Balaban J connectivity index is 2.26. The van der Waals surface area contributed by atoms with E-state index in [1.165, 1.54) is 18.9 Å². The summed E-state index contributed by atoms with van der Waals surface area (Å²) in [7, 11) is 0. The number of rotatable bonds is 3. The molecule has 0 radical (unpaired) electrons. The zero-order valence-electron chi connectivity index (χ0n) is 10.5. The van der Waals surface area contributed by atoms with E-state index < -0.39 is 0 Å². The lowest BCUT2D eigenvalue weighted by atomic mass is 10.0. The zero-order chi connectivity index (χ0) is 12.4. The number of nitrogens with two attached hydrogens (primary N) is 1. The molecule has 94 valence electrons. The van der Waals surface area contributed by atoms with Gasteiger partial charge in [-0.1, -0.05) is 0 Å². The summed E-state index contributed by atoms with van der Waals surface area (Å²) in [6, 6.07) is 3.07. The topological polar surface area (TPSA) is 35.2 Å². The summed E-state index contributed by atoms with van der Waals surface area (Å²) in [6.07, 6.45) is 4.90. The quantitative estimate of drug-likeness (QED) is 0.873. The number of benzene rings is 1. The highest BCUT2D eigenvalue weighted by Crippen LogP contribution is 2.31. The number of hydrogen-bond acceptors (Lipinski definition) is 2. The Hall–Kier alpha value is -1.09. The SMILES string of the molecule is Cc1cc(OC2CCCC2)c(C(C)N)cc1F. The van der Waals surface area contributed by atoms with Gasteiger partial charge in [0.25, 0.3) is 0 Å².